The summed E-state index contributed by atoms with van der Waals surface area (Å²) in [7, 11) is 0. The Hall–Kier alpha value is -3.12. The highest BCUT2D eigenvalue weighted by Gasteiger charge is 2.18. The van der Waals surface area contributed by atoms with Crippen molar-refractivity contribution in [3.05, 3.63) is 93.3 Å². The molecule has 3 rings (SSSR count). The average molecular weight is 392 g/mol. The van der Waals surface area contributed by atoms with Crippen molar-refractivity contribution in [1.29, 1.82) is 0 Å². The first-order valence-corrected chi connectivity index (χ1v) is 9.75. The minimum atomic E-state index is -0.328. The van der Waals surface area contributed by atoms with Crippen LogP contribution in [0.25, 0.3) is 0 Å². The minimum absolute atomic E-state index is 0.0678. The van der Waals surface area contributed by atoms with E-state index in [2.05, 4.69) is 10.3 Å². The van der Waals surface area contributed by atoms with Gasteiger partial charge in [-0.3, -0.25) is 14.4 Å². The normalized spacial score (nSPS) is 10.5. The van der Waals surface area contributed by atoms with Gasteiger partial charge in [0.2, 0.25) is 5.56 Å². The average Bonchev–Trinajstić information content (AvgIpc) is 2.67. The second kappa shape index (κ2) is 8.71. The van der Waals surface area contributed by atoms with Crippen LogP contribution in [0.15, 0.2) is 70.5 Å². The van der Waals surface area contributed by atoms with E-state index in [1.165, 1.54) is 6.07 Å². The highest BCUT2D eigenvalue weighted by Crippen LogP contribution is 2.24. The van der Waals surface area contributed by atoms with Crippen molar-refractivity contribution in [2.24, 2.45) is 0 Å². The molecule has 6 heteroatoms. The summed E-state index contributed by atoms with van der Waals surface area (Å²) in [4.78, 5) is 39.9. The number of pyridine rings is 1. The molecule has 0 bridgehead atoms. The van der Waals surface area contributed by atoms with Crippen molar-refractivity contribution >= 4 is 29.1 Å². The number of para-hydroxylation sites is 1. The van der Waals surface area contributed by atoms with Crippen LogP contribution in [0.4, 0.5) is 5.69 Å². The van der Waals surface area contributed by atoms with Crippen LogP contribution in [-0.2, 0) is 0 Å². The predicted octanol–water partition coefficient (Wildman–Crippen LogP) is 4.22. The number of anilines is 1. The molecule has 5 nitrogen and oxygen atoms in total. The summed E-state index contributed by atoms with van der Waals surface area (Å²) in [6.07, 6.45) is 0. The van der Waals surface area contributed by atoms with Crippen molar-refractivity contribution in [3.8, 4) is 0 Å². The molecular formula is C22H20N2O3S. The van der Waals surface area contributed by atoms with Gasteiger partial charge in [-0.1, -0.05) is 59.8 Å². The van der Waals surface area contributed by atoms with Crippen LogP contribution in [-0.4, -0.2) is 22.4 Å². The number of nitrogens with one attached hydrogen (secondary N) is 2. The van der Waals surface area contributed by atoms with E-state index in [1.807, 2.05) is 37.3 Å². The highest BCUT2D eigenvalue weighted by atomic mass is 32.2. The second-order valence-corrected chi connectivity index (χ2v) is 7.40. The van der Waals surface area contributed by atoms with Gasteiger partial charge in [-0.05, 0) is 31.5 Å². The Morgan fingerprint density at radius 2 is 1.68 bits per heavy atom. The summed E-state index contributed by atoms with van der Waals surface area (Å²) in [5, 5.41) is 3.21. The van der Waals surface area contributed by atoms with E-state index < -0.39 is 0 Å². The number of aryl methyl sites for hydroxylation is 2. The van der Waals surface area contributed by atoms with E-state index >= 15 is 0 Å². The van der Waals surface area contributed by atoms with Gasteiger partial charge in [-0.15, -0.1) is 0 Å². The van der Waals surface area contributed by atoms with Crippen molar-refractivity contribution in [2.45, 2.75) is 18.9 Å². The lowest BCUT2D eigenvalue weighted by Crippen LogP contribution is -2.19. The van der Waals surface area contributed by atoms with Crippen LogP contribution in [0.1, 0.15) is 31.8 Å². The summed E-state index contributed by atoms with van der Waals surface area (Å²) >= 11 is 1.16. The van der Waals surface area contributed by atoms with Gasteiger partial charge >= 0.3 is 0 Å². The third kappa shape index (κ3) is 4.78. The maximum Gasteiger partial charge on any atom is 0.258 e. The number of benzene rings is 2. The van der Waals surface area contributed by atoms with Crippen molar-refractivity contribution in [2.75, 3.05) is 11.1 Å². The van der Waals surface area contributed by atoms with Gasteiger partial charge in [-0.2, -0.15) is 0 Å². The molecule has 0 aliphatic carbocycles. The highest BCUT2D eigenvalue weighted by molar-refractivity contribution is 8.00. The second-order valence-electron chi connectivity index (χ2n) is 6.42. The molecule has 0 unspecified atom stereocenters. The Morgan fingerprint density at radius 3 is 2.36 bits per heavy atom. The molecule has 2 N–H and O–H groups in total. The molecule has 28 heavy (non-hydrogen) atoms. The Morgan fingerprint density at radius 1 is 1.00 bits per heavy atom. The largest absolute Gasteiger partial charge is 0.322 e. The topological polar surface area (TPSA) is 79.0 Å². The first kappa shape index (κ1) is 19.6. The molecule has 2 aromatic carbocycles. The lowest BCUT2D eigenvalue weighted by Gasteiger charge is -2.12. The number of H-pyrrole nitrogens is 1. The Balaban J connectivity index is 1.82. The van der Waals surface area contributed by atoms with Crippen molar-refractivity contribution in [3.63, 3.8) is 0 Å². The monoisotopic (exact) mass is 392 g/mol. The third-order valence-corrected chi connectivity index (χ3v) is 5.19. The van der Waals surface area contributed by atoms with E-state index in [1.54, 1.807) is 31.2 Å². The summed E-state index contributed by atoms with van der Waals surface area (Å²) in [5.41, 5.74) is 2.95. The molecule has 0 fully saturated rings. The molecule has 142 valence electrons. The molecule has 0 aliphatic rings. The third-order valence-electron chi connectivity index (χ3n) is 4.19. The van der Waals surface area contributed by atoms with Gasteiger partial charge in [0.15, 0.2) is 5.78 Å². The Kier molecular flexibility index (Phi) is 6.11. The summed E-state index contributed by atoms with van der Waals surface area (Å²) in [6.45, 7) is 3.67. The SMILES string of the molecule is Cc1ccc(C(=O)CSc2[nH]c(=O)cc(C)c2C(=O)Nc2ccccc2)cc1. The number of carbonyl (C=O) groups excluding carboxylic acids is 2. The first-order chi connectivity index (χ1) is 13.4. The molecule has 0 atom stereocenters. The fourth-order valence-corrected chi connectivity index (χ4v) is 3.74. The number of aromatic amines is 1. The first-order valence-electron chi connectivity index (χ1n) is 8.77. The number of ketones is 1. The van der Waals surface area contributed by atoms with Crippen molar-refractivity contribution in [1.82, 2.24) is 4.98 Å². The molecule has 1 aromatic heterocycles. The van der Waals surface area contributed by atoms with Gasteiger partial charge in [0.05, 0.1) is 16.3 Å². The van der Waals surface area contributed by atoms with Crippen molar-refractivity contribution < 1.29 is 9.59 Å². The molecule has 0 radical (unpaired) electrons. The molecule has 0 aliphatic heterocycles. The summed E-state index contributed by atoms with van der Waals surface area (Å²) in [5.74, 6) is -0.277. The zero-order valence-corrected chi connectivity index (χ0v) is 16.4. The van der Waals surface area contributed by atoms with Gasteiger partial charge < -0.3 is 10.3 Å². The quantitative estimate of drug-likeness (QED) is 0.486. The molecule has 0 saturated carbocycles. The number of hydrogen-bond donors (Lipinski definition) is 2. The van der Waals surface area contributed by atoms with Crippen LogP contribution in [0.5, 0.6) is 0 Å². The number of rotatable bonds is 6. The lowest BCUT2D eigenvalue weighted by molar-refractivity contribution is 0.101. The molecular weight excluding hydrogens is 372 g/mol. The number of Topliss-reactive ketones (excluding diaryl/α,β-unsaturated/α-hetero) is 1. The smallest absolute Gasteiger partial charge is 0.258 e. The maximum absolute atomic E-state index is 12.8. The Bertz CT molecular complexity index is 1060. The van der Waals surface area contributed by atoms with Crippen LogP contribution >= 0.6 is 11.8 Å². The predicted molar refractivity (Wildman–Crippen MR) is 112 cm³/mol. The fraction of sp³-hybridized carbons (Fsp3) is 0.136. The fourth-order valence-electron chi connectivity index (χ4n) is 2.72. The lowest BCUT2D eigenvalue weighted by atomic mass is 10.1. The number of thioether (sulfide) groups is 1. The van der Waals surface area contributed by atoms with Gasteiger partial charge in [0.1, 0.15) is 0 Å². The van der Waals surface area contributed by atoms with E-state index in [9.17, 15) is 14.4 Å². The zero-order valence-electron chi connectivity index (χ0n) is 15.6. The summed E-state index contributed by atoms with van der Waals surface area (Å²) in [6, 6.07) is 17.8. The van der Waals surface area contributed by atoms with Gasteiger partial charge in [0, 0.05) is 17.3 Å². The molecule has 1 amide bonds. The van der Waals surface area contributed by atoms with Gasteiger partial charge in [-0.25, -0.2) is 0 Å². The Labute approximate surface area is 167 Å². The number of aromatic nitrogens is 1. The van der Waals surface area contributed by atoms with Crippen LogP contribution < -0.4 is 10.9 Å². The number of amides is 1. The van der Waals surface area contributed by atoms with E-state index in [-0.39, 0.29) is 23.0 Å². The van der Waals surface area contributed by atoms with E-state index in [0.29, 0.717) is 27.4 Å². The standard InChI is InChI=1S/C22H20N2O3S/c1-14-8-10-16(11-9-14)18(25)13-28-22-20(15(2)12-19(26)24-22)21(27)23-17-6-4-3-5-7-17/h3-12H,13H2,1-2H3,(H,23,27)(H,24,26). The molecule has 0 saturated heterocycles. The maximum atomic E-state index is 12.8. The summed E-state index contributed by atoms with van der Waals surface area (Å²) < 4.78 is 0. The van der Waals surface area contributed by atoms with Gasteiger partial charge in [0.25, 0.3) is 5.91 Å². The molecule has 1 heterocycles. The molecule has 3 aromatic rings. The van der Waals surface area contributed by atoms with Crippen LogP contribution in [0, 0.1) is 13.8 Å². The number of carbonyl (C=O) groups is 2. The molecule has 0 spiro atoms. The van der Waals surface area contributed by atoms with Crippen LogP contribution in [0.3, 0.4) is 0 Å². The van der Waals surface area contributed by atoms with E-state index in [4.69, 9.17) is 0 Å². The zero-order chi connectivity index (χ0) is 20.1. The number of hydrogen-bond acceptors (Lipinski definition) is 4. The minimum Gasteiger partial charge on any atom is -0.322 e. The van der Waals surface area contributed by atoms with E-state index in [0.717, 1.165) is 17.3 Å². The van der Waals surface area contributed by atoms with Crippen LogP contribution in [0.2, 0.25) is 0 Å².